The molecule has 194 valence electrons. The van der Waals surface area contributed by atoms with Crippen LogP contribution in [0.25, 0.3) is 10.6 Å². The number of halogens is 2. The predicted molar refractivity (Wildman–Crippen MR) is 141 cm³/mol. The number of anilines is 1. The van der Waals surface area contributed by atoms with Crippen LogP contribution in [-0.4, -0.2) is 67.7 Å². The lowest BCUT2D eigenvalue weighted by atomic mass is 9.73. The van der Waals surface area contributed by atoms with Gasteiger partial charge in [0.25, 0.3) is 0 Å². The third-order valence-electron chi connectivity index (χ3n) is 7.63. The van der Waals surface area contributed by atoms with Crippen molar-refractivity contribution >= 4 is 17.0 Å². The van der Waals surface area contributed by atoms with E-state index in [2.05, 4.69) is 54.4 Å². The molecule has 2 aliphatic heterocycles. The SMILES string of the molecule is CCC1CC(C(C)(C)C)CN(Cc2cnc(-c3cc(N4CCN(C)CC4)ccc3OC(F)F)s2)C1. The minimum Gasteiger partial charge on any atom is -0.434 e. The highest BCUT2D eigenvalue weighted by atomic mass is 32.1. The Morgan fingerprint density at radius 2 is 1.89 bits per heavy atom. The normalized spacial score (nSPS) is 22.7. The lowest BCUT2D eigenvalue weighted by molar-refractivity contribution is -0.0494. The minimum absolute atomic E-state index is 0.190. The number of alkyl halides is 2. The van der Waals surface area contributed by atoms with Gasteiger partial charge >= 0.3 is 6.61 Å². The van der Waals surface area contributed by atoms with E-state index in [4.69, 9.17) is 4.74 Å². The molecular formula is C27H40F2N4OS. The van der Waals surface area contributed by atoms with Crippen LogP contribution in [0, 0.1) is 17.3 Å². The van der Waals surface area contributed by atoms with E-state index in [0.29, 0.717) is 17.4 Å². The molecule has 0 amide bonds. The number of likely N-dealkylation sites (tertiary alicyclic amines) is 1. The van der Waals surface area contributed by atoms with Crippen molar-refractivity contribution in [3.63, 3.8) is 0 Å². The molecule has 0 saturated carbocycles. The molecule has 1 aromatic heterocycles. The predicted octanol–water partition coefficient (Wildman–Crippen LogP) is 6.06. The average molecular weight is 507 g/mol. The van der Waals surface area contributed by atoms with Crippen molar-refractivity contribution in [2.75, 3.05) is 51.2 Å². The zero-order chi connectivity index (χ0) is 25.2. The van der Waals surface area contributed by atoms with Crippen molar-refractivity contribution in [1.29, 1.82) is 0 Å². The van der Waals surface area contributed by atoms with Crippen LogP contribution in [0.1, 0.15) is 45.4 Å². The monoisotopic (exact) mass is 506 g/mol. The van der Waals surface area contributed by atoms with Gasteiger partial charge in [0.1, 0.15) is 10.8 Å². The van der Waals surface area contributed by atoms with Gasteiger partial charge in [0.2, 0.25) is 0 Å². The Morgan fingerprint density at radius 1 is 1.14 bits per heavy atom. The van der Waals surface area contributed by atoms with Gasteiger partial charge in [0.15, 0.2) is 0 Å². The zero-order valence-corrected chi connectivity index (χ0v) is 22.6. The number of piperidine rings is 1. The van der Waals surface area contributed by atoms with Crippen LogP contribution >= 0.6 is 11.3 Å². The molecule has 0 N–H and O–H groups in total. The molecule has 2 unspecified atom stereocenters. The average Bonchev–Trinajstić information content (AvgIpc) is 3.27. The molecule has 2 atom stereocenters. The first-order valence-corrected chi connectivity index (χ1v) is 13.6. The Labute approximate surface area is 213 Å². The first kappa shape index (κ1) is 26.3. The third kappa shape index (κ3) is 6.71. The third-order valence-corrected chi connectivity index (χ3v) is 8.64. The van der Waals surface area contributed by atoms with Gasteiger partial charge in [-0.15, -0.1) is 11.3 Å². The molecule has 2 fully saturated rings. The molecule has 0 spiro atoms. The summed E-state index contributed by atoms with van der Waals surface area (Å²) in [6.45, 7) is 13.3. The molecule has 2 aliphatic rings. The van der Waals surface area contributed by atoms with Crippen molar-refractivity contribution in [3.8, 4) is 16.3 Å². The molecule has 8 heteroatoms. The molecule has 2 aromatic rings. The van der Waals surface area contributed by atoms with E-state index in [9.17, 15) is 8.78 Å². The van der Waals surface area contributed by atoms with Gasteiger partial charge in [0, 0.05) is 62.6 Å². The summed E-state index contributed by atoms with van der Waals surface area (Å²) in [4.78, 5) is 13.0. The van der Waals surface area contributed by atoms with Gasteiger partial charge in [-0.3, -0.25) is 4.90 Å². The Balaban J connectivity index is 1.55. The topological polar surface area (TPSA) is 31.8 Å². The molecule has 0 radical (unpaired) electrons. The number of thiazole rings is 1. The van der Waals surface area contributed by atoms with Crippen molar-refractivity contribution in [2.45, 2.75) is 53.7 Å². The summed E-state index contributed by atoms with van der Waals surface area (Å²) in [5.74, 6) is 1.57. The smallest absolute Gasteiger partial charge is 0.387 e. The number of hydrogen-bond donors (Lipinski definition) is 0. The van der Waals surface area contributed by atoms with Gasteiger partial charge in [0.05, 0.1) is 5.56 Å². The van der Waals surface area contributed by atoms with E-state index >= 15 is 0 Å². The van der Waals surface area contributed by atoms with Crippen molar-refractivity contribution in [3.05, 3.63) is 29.3 Å². The largest absolute Gasteiger partial charge is 0.434 e. The second kappa shape index (κ2) is 11.1. The maximum Gasteiger partial charge on any atom is 0.387 e. The Bertz CT molecular complexity index is 968. The van der Waals surface area contributed by atoms with Crippen LogP contribution < -0.4 is 9.64 Å². The zero-order valence-electron chi connectivity index (χ0n) is 21.8. The highest BCUT2D eigenvalue weighted by molar-refractivity contribution is 7.15. The number of piperazine rings is 1. The van der Waals surface area contributed by atoms with Crippen LogP contribution in [0.5, 0.6) is 5.75 Å². The number of likely N-dealkylation sites (N-methyl/N-ethyl adjacent to an activating group) is 1. The van der Waals surface area contributed by atoms with Crippen molar-refractivity contribution in [2.24, 2.45) is 17.3 Å². The quantitative estimate of drug-likeness (QED) is 0.456. The van der Waals surface area contributed by atoms with Crippen LogP contribution in [0.3, 0.4) is 0 Å². The second-order valence-electron chi connectivity index (χ2n) is 11.2. The van der Waals surface area contributed by atoms with E-state index in [-0.39, 0.29) is 11.2 Å². The molecule has 5 nitrogen and oxygen atoms in total. The molecule has 0 bridgehead atoms. The van der Waals surface area contributed by atoms with E-state index in [1.54, 1.807) is 17.4 Å². The summed E-state index contributed by atoms with van der Waals surface area (Å²) < 4.78 is 31.2. The molecule has 4 rings (SSSR count). The second-order valence-corrected chi connectivity index (χ2v) is 12.4. The number of aromatic nitrogens is 1. The number of ether oxygens (including phenoxy) is 1. The number of rotatable bonds is 7. The molecule has 1 aromatic carbocycles. The number of hydrogen-bond acceptors (Lipinski definition) is 6. The fraction of sp³-hybridized carbons (Fsp3) is 0.667. The molecule has 35 heavy (non-hydrogen) atoms. The van der Waals surface area contributed by atoms with Gasteiger partial charge in [-0.25, -0.2) is 4.98 Å². The summed E-state index contributed by atoms with van der Waals surface area (Å²) in [5, 5.41) is 0.739. The molecule has 2 saturated heterocycles. The maximum atomic E-state index is 13.2. The summed E-state index contributed by atoms with van der Waals surface area (Å²) in [5.41, 5.74) is 1.97. The fourth-order valence-corrected chi connectivity index (χ4v) is 6.20. The summed E-state index contributed by atoms with van der Waals surface area (Å²) in [6.07, 6.45) is 4.40. The number of benzene rings is 1. The Morgan fingerprint density at radius 3 is 2.54 bits per heavy atom. The molecule has 0 aliphatic carbocycles. The highest BCUT2D eigenvalue weighted by Crippen LogP contribution is 2.39. The fourth-order valence-electron chi connectivity index (χ4n) is 5.23. The number of nitrogens with zero attached hydrogens (tertiary/aromatic N) is 4. The van der Waals surface area contributed by atoms with Crippen LogP contribution in [0.4, 0.5) is 14.5 Å². The first-order chi connectivity index (χ1) is 16.6. The summed E-state index contributed by atoms with van der Waals surface area (Å²) in [7, 11) is 2.12. The van der Waals surface area contributed by atoms with Gasteiger partial charge < -0.3 is 14.5 Å². The maximum absolute atomic E-state index is 13.2. The Kier molecular flexibility index (Phi) is 8.34. The van der Waals surface area contributed by atoms with Gasteiger partial charge in [-0.1, -0.05) is 34.1 Å². The van der Waals surface area contributed by atoms with E-state index < -0.39 is 6.61 Å². The molecular weight excluding hydrogens is 466 g/mol. The lowest BCUT2D eigenvalue weighted by Gasteiger charge is -2.43. The van der Waals surface area contributed by atoms with Gasteiger partial charge in [-0.2, -0.15) is 8.78 Å². The Hall–Kier alpha value is -1.77. The highest BCUT2D eigenvalue weighted by Gasteiger charge is 2.33. The van der Waals surface area contributed by atoms with Gasteiger partial charge in [-0.05, 0) is 48.9 Å². The van der Waals surface area contributed by atoms with Crippen LogP contribution in [-0.2, 0) is 6.54 Å². The van der Waals surface area contributed by atoms with Crippen LogP contribution in [0.15, 0.2) is 24.4 Å². The van der Waals surface area contributed by atoms with Crippen molar-refractivity contribution in [1.82, 2.24) is 14.8 Å². The molecule has 3 heterocycles. The van der Waals surface area contributed by atoms with E-state index in [1.807, 2.05) is 18.3 Å². The van der Waals surface area contributed by atoms with E-state index in [1.165, 1.54) is 12.8 Å². The standard InChI is InChI=1S/C27H40F2N4OS/c1-6-19-13-20(27(2,3)4)17-32(16-19)18-22-15-30-25(35-22)23-14-21(7-8-24(23)34-26(28)29)33-11-9-31(5)10-12-33/h7-8,14-15,19-20,26H,6,9-13,16-18H2,1-5H3. The first-order valence-electron chi connectivity index (χ1n) is 12.8. The van der Waals surface area contributed by atoms with E-state index in [0.717, 1.165) is 61.4 Å². The lowest BCUT2D eigenvalue weighted by Crippen LogP contribution is -2.44. The van der Waals surface area contributed by atoms with Crippen molar-refractivity contribution < 1.29 is 13.5 Å². The minimum atomic E-state index is -2.86. The summed E-state index contributed by atoms with van der Waals surface area (Å²) >= 11 is 1.59. The van der Waals surface area contributed by atoms with Crippen LogP contribution in [0.2, 0.25) is 0 Å². The summed E-state index contributed by atoms with van der Waals surface area (Å²) in [6, 6.07) is 5.52.